The molecule has 20 heavy (non-hydrogen) atoms. The Morgan fingerprint density at radius 1 is 1.10 bits per heavy atom. The number of nitrogens with two attached hydrogens (primary N) is 1. The van der Waals surface area contributed by atoms with Crippen LogP contribution in [0.4, 0.5) is 8.78 Å². The van der Waals surface area contributed by atoms with Crippen LogP contribution in [-0.2, 0) is 6.42 Å². The number of hydrogen-bond acceptors (Lipinski definition) is 2. The zero-order valence-electron chi connectivity index (χ0n) is 11.5. The first-order valence-electron chi connectivity index (χ1n) is 6.43. The summed E-state index contributed by atoms with van der Waals surface area (Å²) in [6, 6.07) is 8.73. The van der Waals surface area contributed by atoms with Gasteiger partial charge in [-0.1, -0.05) is 17.7 Å². The van der Waals surface area contributed by atoms with Crippen LogP contribution in [0.25, 0.3) is 0 Å². The standard InChI is InChI=1S/C16H17F2NO/c1-10-3-4-16(12(5-10)6-11(2)19)20-15-8-13(17)7-14(18)9-15/h3-5,7-9,11H,6,19H2,1-2H3. The van der Waals surface area contributed by atoms with Gasteiger partial charge in [0.05, 0.1) is 0 Å². The fraction of sp³-hybridized carbons (Fsp3) is 0.250. The van der Waals surface area contributed by atoms with Gasteiger partial charge in [-0.15, -0.1) is 0 Å². The molecule has 0 radical (unpaired) electrons. The van der Waals surface area contributed by atoms with Gasteiger partial charge in [0.1, 0.15) is 23.1 Å². The summed E-state index contributed by atoms with van der Waals surface area (Å²) in [5.74, 6) is -0.628. The highest BCUT2D eigenvalue weighted by Gasteiger charge is 2.09. The summed E-state index contributed by atoms with van der Waals surface area (Å²) in [6.07, 6.45) is 0.634. The Morgan fingerprint density at radius 2 is 1.75 bits per heavy atom. The van der Waals surface area contributed by atoms with Gasteiger partial charge in [-0.05, 0) is 31.9 Å². The lowest BCUT2D eigenvalue weighted by atomic mass is 10.0. The molecule has 1 unspecified atom stereocenters. The van der Waals surface area contributed by atoms with E-state index in [0.29, 0.717) is 12.2 Å². The SMILES string of the molecule is Cc1ccc(Oc2cc(F)cc(F)c2)c(CC(C)N)c1. The average Bonchev–Trinajstić information content (AvgIpc) is 2.30. The molecule has 0 spiro atoms. The van der Waals surface area contributed by atoms with Gasteiger partial charge in [-0.3, -0.25) is 0 Å². The van der Waals surface area contributed by atoms with Crippen LogP contribution in [0.2, 0.25) is 0 Å². The lowest BCUT2D eigenvalue weighted by Crippen LogP contribution is -2.18. The van der Waals surface area contributed by atoms with E-state index in [2.05, 4.69) is 0 Å². The third kappa shape index (κ3) is 3.78. The van der Waals surface area contributed by atoms with E-state index in [9.17, 15) is 8.78 Å². The molecule has 0 aliphatic heterocycles. The van der Waals surface area contributed by atoms with Crippen molar-refractivity contribution in [2.75, 3.05) is 0 Å². The van der Waals surface area contributed by atoms with Gasteiger partial charge in [0, 0.05) is 24.2 Å². The molecule has 2 N–H and O–H groups in total. The Kier molecular flexibility index (Phi) is 4.35. The van der Waals surface area contributed by atoms with E-state index >= 15 is 0 Å². The van der Waals surface area contributed by atoms with Crippen molar-refractivity contribution < 1.29 is 13.5 Å². The summed E-state index contributed by atoms with van der Waals surface area (Å²) in [5, 5.41) is 0. The zero-order valence-corrected chi connectivity index (χ0v) is 11.5. The Labute approximate surface area is 117 Å². The van der Waals surface area contributed by atoms with Gasteiger partial charge in [-0.25, -0.2) is 8.78 Å². The van der Waals surface area contributed by atoms with E-state index in [1.165, 1.54) is 0 Å². The maximum atomic E-state index is 13.2. The summed E-state index contributed by atoms with van der Waals surface area (Å²) in [6.45, 7) is 3.87. The minimum atomic E-state index is -0.666. The molecule has 2 aromatic carbocycles. The molecule has 0 fully saturated rings. The van der Waals surface area contributed by atoms with Crippen LogP contribution in [0.5, 0.6) is 11.5 Å². The number of hydrogen-bond donors (Lipinski definition) is 1. The molecule has 2 nitrogen and oxygen atoms in total. The normalized spacial score (nSPS) is 12.2. The Hall–Kier alpha value is -1.94. The van der Waals surface area contributed by atoms with Crippen LogP contribution in [0.15, 0.2) is 36.4 Å². The Bertz CT molecular complexity index is 591. The van der Waals surface area contributed by atoms with Gasteiger partial charge in [0.25, 0.3) is 0 Å². The maximum Gasteiger partial charge on any atom is 0.133 e. The topological polar surface area (TPSA) is 35.2 Å². The molecular formula is C16H17F2NO. The third-order valence-corrected chi connectivity index (χ3v) is 2.82. The molecule has 0 aromatic heterocycles. The molecule has 0 bridgehead atoms. The fourth-order valence-corrected chi connectivity index (χ4v) is 2.03. The molecule has 0 aliphatic rings. The smallest absolute Gasteiger partial charge is 0.133 e. The second kappa shape index (κ2) is 6.01. The first-order chi connectivity index (χ1) is 9.44. The molecule has 1 atom stereocenters. The molecule has 4 heteroatoms. The van der Waals surface area contributed by atoms with Gasteiger partial charge < -0.3 is 10.5 Å². The van der Waals surface area contributed by atoms with E-state index in [-0.39, 0.29) is 11.8 Å². The van der Waals surface area contributed by atoms with Crippen molar-refractivity contribution in [2.24, 2.45) is 5.73 Å². The number of halogens is 2. The predicted octanol–water partition coefficient (Wildman–Crippen LogP) is 3.96. The largest absolute Gasteiger partial charge is 0.457 e. The quantitative estimate of drug-likeness (QED) is 0.918. The zero-order chi connectivity index (χ0) is 14.7. The molecule has 0 heterocycles. The fourth-order valence-electron chi connectivity index (χ4n) is 2.03. The molecule has 0 saturated carbocycles. The second-order valence-electron chi connectivity index (χ2n) is 5.00. The Balaban J connectivity index is 2.32. The van der Waals surface area contributed by atoms with E-state index in [0.717, 1.165) is 29.3 Å². The summed E-state index contributed by atoms with van der Waals surface area (Å²) in [7, 11) is 0. The average molecular weight is 277 g/mol. The molecule has 106 valence electrons. The number of aryl methyl sites for hydroxylation is 1. The van der Waals surface area contributed by atoms with Gasteiger partial charge >= 0.3 is 0 Å². The summed E-state index contributed by atoms with van der Waals surface area (Å²) in [4.78, 5) is 0. The van der Waals surface area contributed by atoms with Crippen molar-refractivity contribution in [2.45, 2.75) is 26.3 Å². The van der Waals surface area contributed by atoms with Crippen LogP contribution in [-0.4, -0.2) is 6.04 Å². The number of ether oxygens (including phenoxy) is 1. The van der Waals surface area contributed by atoms with E-state index in [1.54, 1.807) is 6.07 Å². The van der Waals surface area contributed by atoms with Crippen LogP contribution >= 0.6 is 0 Å². The summed E-state index contributed by atoms with van der Waals surface area (Å²) >= 11 is 0. The molecule has 2 aromatic rings. The highest BCUT2D eigenvalue weighted by atomic mass is 19.1. The minimum Gasteiger partial charge on any atom is -0.457 e. The van der Waals surface area contributed by atoms with Crippen molar-refractivity contribution in [3.8, 4) is 11.5 Å². The van der Waals surface area contributed by atoms with Crippen molar-refractivity contribution in [1.82, 2.24) is 0 Å². The highest BCUT2D eigenvalue weighted by molar-refractivity contribution is 5.41. The number of rotatable bonds is 4. The highest BCUT2D eigenvalue weighted by Crippen LogP contribution is 2.28. The molecular weight excluding hydrogens is 260 g/mol. The van der Waals surface area contributed by atoms with Gasteiger partial charge in [-0.2, -0.15) is 0 Å². The monoisotopic (exact) mass is 277 g/mol. The van der Waals surface area contributed by atoms with Crippen LogP contribution < -0.4 is 10.5 Å². The lowest BCUT2D eigenvalue weighted by Gasteiger charge is -2.14. The van der Waals surface area contributed by atoms with Crippen molar-refractivity contribution >= 4 is 0 Å². The third-order valence-electron chi connectivity index (χ3n) is 2.82. The molecule has 0 amide bonds. The molecule has 0 saturated heterocycles. The van der Waals surface area contributed by atoms with Crippen LogP contribution in [0, 0.1) is 18.6 Å². The predicted molar refractivity (Wildman–Crippen MR) is 75.0 cm³/mol. The van der Waals surface area contributed by atoms with Gasteiger partial charge in [0.15, 0.2) is 0 Å². The van der Waals surface area contributed by atoms with Crippen molar-refractivity contribution in [3.05, 3.63) is 59.2 Å². The van der Waals surface area contributed by atoms with Gasteiger partial charge in [0.2, 0.25) is 0 Å². The van der Waals surface area contributed by atoms with Crippen LogP contribution in [0.1, 0.15) is 18.1 Å². The van der Waals surface area contributed by atoms with E-state index < -0.39 is 11.6 Å². The first kappa shape index (κ1) is 14.5. The van der Waals surface area contributed by atoms with E-state index in [1.807, 2.05) is 26.0 Å². The molecule has 0 aliphatic carbocycles. The summed E-state index contributed by atoms with van der Waals surface area (Å²) < 4.78 is 31.9. The van der Waals surface area contributed by atoms with Crippen LogP contribution in [0.3, 0.4) is 0 Å². The lowest BCUT2D eigenvalue weighted by molar-refractivity contribution is 0.461. The second-order valence-corrected chi connectivity index (χ2v) is 5.00. The minimum absolute atomic E-state index is 0.0246. The molecule has 2 rings (SSSR count). The van der Waals surface area contributed by atoms with Crippen molar-refractivity contribution in [3.63, 3.8) is 0 Å². The van der Waals surface area contributed by atoms with Crippen molar-refractivity contribution in [1.29, 1.82) is 0 Å². The Morgan fingerprint density at radius 3 is 2.35 bits per heavy atom. The summed E-state index contributed by atoms with van der Waals surface area (Å²) in [5.41, 5.74) is 7.81. The number of benzene rings is 2. The van der Waals surface area contributed by atoms with E-state index in [4.69, 9.17) is 10.5 Å². The first-order valence-corrected chi connectivity index (χ1v) is 6.43. The maximum absolute atomic E-state index is 13.2.